The third-order valence-electron chi connectivity index (χ3n) is 2.83. The van der Waals surface area contributed by atoms with E-state index in [1.165, 1.54) is 24.1 Å². The Balaban J connectivity index is 2.31. The molecule has 0 amide bonds. The minimum atomic E-state index is 0.346. The fourth-order valence-corrected chi connectivity index (χ4v) is 2.62. The molecule has 0 aliphatic carbocycles. The molecule has 1 aromatic heterocycles. The number of rotatable bonds is 6. The van der Waals surface area contributed by atoms with Crippen molar-refractivity contribution >= 4 is 11.3 Å². The van der Waals surface area contributed by atoms with Gasteiger partial charge in [-0.1, -0.05) is 32.8 Å². The van der Waals surface area contributed by atoms with Gasteiger partial charge in [-0.3, -0.25) is 0 Å². The van der Waals surface area contributed by atoms with E-state index in [1.54, 1.807) is 0 Å². The lowest BCUT2D eigenvalue weighted by Gasteiger charge is -2.17. The van der Waals surface area contributed by atoms with Crippen LogP contribution in [-0.2, 0) is 6.42 Å². The predicted molar refractivity (Wildman–Crippen MR) is 64.7 cm³/mol. The van der Waals surface area contributed by atoms with E-state index in [0.29, 0.717) is 6.04 Å². The van der Waals surface area contributed by atoms with Crippen molar-refractivity contribution in [2.75, 3.05) is 0 Å². The van der Waals surface area contributed by atoms with Gasteiger partial charge in [0.25, 0.3) is 0 Å². The Morgan fingerprint density at radius 1 is 1.36 bits per heavy atom. The van der Waals surface area contributed by atoms with Crippen LogP contribution < -0.4 is 5.73 Å². The van der Waals surface area contributed by atoms with Crippen LogP contribution >= 0.6 is 11.3 Å². The van der Waals surface area contributed by atoms with E-state index in [2.05, 4.69) is 31.4 Å². The molecule has 1 atom stereocenters. The van der Waals surface area contributed by atoms with Crippen molar-refractivity contribution in [3.05, 3.63) is 22.4 Å². The largest absolute Gasteiger partial charge is 0.327 e. The van der Waals surface area contributed by atoms with Gasteiger partial charge in [-0.25, -0.2) is 0 Å². The zero-order chi connectivity index (χ0) is 10.4. The summed E-state index contributed by atoms with van der Waals surface area (Å²) in [5.41, 5.74) is 6.12. The van der Waals surface area contributed by atoms with Crippen molar-refractivity contribution in [2.45, 2.75) is 45.6 Å². The molecule has 0 aliphatic rings. The highest BCUT2D eigenvalue weighted by Gasteiger charge is 2.10. The van der Waals surface area contributed by atoms with Crippen molar-refractivity contribution in [1.82, 2.24) is 0 Å². The first-order valence-electron chi connectivity index (χ1n) is 5.54. The highest BCUT2D eigenvalue weighted by Crippen LogP contribution is 2.18. The second kappa shape index (κ2) is 6.20. The second-order valence-electron chi connectivity index (χ2n) is 3.96. The zero-order valence-corrected chi connectivity index (χ0v) is 10.0. The first-order valence-corrected chi connectivity index (χ1v) is 6.42. The lowest BCUT2D eigenvalue weighted by molar-refractivity contribution is 0.408. The molecule has 0 saturated carbocycles. The van der Waals surface area contributed by atoms with Gasteiger partial charge in [-0.15, -0.1) is 11.3 Å². The van der Waals surface area contributed by atoms with Crippen LogP contribution in [0, 0.1) is 5.92 Å². The standard InChI is InChI=1S/C12H21NS/c1-3-10(4-2)8-11(13)9-12-6-5-7-14-12/h5-7,10-11H,3-4,8-9,13H2,1-2H3. The summed E-state index contributed by atoms with van der Waals surface area (Å²) in [5.74, 6) is 0.810. The average Bonchev–Trinajstić information content (AvgIpc) is 2.66. The molecule has 1 unspecified atom stereocenters. The van der Waals surface area contributed by atoms with Crippen LogP contribution in [0.4, 0.5) is 0 Å². The van der Waals surface area contributed by atoms with Crippen LogP contribution in [-0.4, -0.2) is 6.04 Å². The minimum Gasteiger partial charge on any atom is -0.327 e. The lowest BCUT2D eigenvalue weighted by Crippen LogP contribution is -2.25. The maximum atomic E-state index is 6.12. The van der Waals surface area contributed by atoms with Gasteiger partial charge in [0.1, 0.15) is 0 Å². The molecule has 0 bridgehead atoms. The summed E-state index contributed by atoms with van der Waals surface area (Å²) >= 11 is 1.81. The molecule has 1 nitrogen and oxygen atoms in total. The molecule has 2 N–H and O–H groups in total. The van der Waals surface area contributed by atoms with E-state index in [-0.39, 0.29) is 0 Å². The quantitative estimate of drug-likeness (QED) is 0.766. The Labute approximate surface area is 91.3 Å². The zero-order valence-electron chi connectivity index (χ0n) is 9.20. The topological polar surface area (TPSA) is 26.0 Å². The molecule has 14 heavy (non-hydrogen) atoms. The Hall–Kier alpha value is -0.340. The summed E-state index contributed by atoms with van der Waals surface area (Å²) in [6.45, 7) is 4.51. The first-order chi connectivity index (χ1) is 6.76. The fourth-order valence-electron chi connectivity index (χ4n) is 1.82. The van der Waals surface area contributed by atoms with Gasteiger partial charge < -0.3 is 5.73 Å². The van der Waals surface area contributed by atoms with Gasteiger partial charge in [0.15, 0.2) is 0 Å². The van der Waals surface area contributed by atoms with Crippen LogP contribution in [0.1, 0.15) is 38.0 Å². The summed E-state index contributed by atoms with van der Waals surface area (Å²) in [7, 11) is 0. The smallest absolute Gasteiger partial charge is 0.00898 e. The van der Waals surface area contributed by atoms with Gasteiger partial charge in [-0.05, 0) is 30.2 Å². The van der Waals surface area contributed by atoms with Gasteiger partial charge >= 0.3 is 0 Å². The normalized spacial score (nSPS) is 13.4. The molecule has 0 fully saturated rings. The van der Waals surface area contributed by atoms with E-state index in [9.17, 15) is 0 Å². The van der Waals surface area contributed by atoms with E-state index in [0.717, 1.165) is 12.3 Å². The molecule has 0 radical (unpaired) electrons. The lowest BCUT2D eigenvalue weighted by atomic mass is 9.93. The maximum absolute atomic E-state index is 6.12. The summed E-state index contributed by atoms with van der Waals surface area (Å²) in [5, 5.41) is 2.12. The van der Waals surface area contributed by atoms with Gasteiger partial charge in [0.05, 0.1) is 0 Å². The molecular weight excluding hydrogens is 190 g/mol. The van der Waals surface area contributed by atoms with Crippen LogP contribution in [0.3, 0.4) is 0 Å². The van der Waals surface area contributed by atoms with E-state index >= 15 is 0 Å². The van der Waals surface area contributed by atoms with E-state index in [1.807, 2.05) is 11.3 Å². The summed E-state index contributed by atoms with van der Waals surface area (Å²) in [4.78, 5) is 1.42. The Morgan fingerprint density at radius 3 is 2.57 bits per heavy atom. The van der Waals surface area contributed by atoms with E-state index < -0.39 is 0 Å². The molecule has 1 heterocycles. The summed E-state index contributed by atoms with van der Waals surface area (Å²) in [6.07, 6.45) is 4.74. The van der Waals surface area contributed by atoms with Crippen molar-refractivity contribution in [1.29, 1.82) is 0 Å². The van der Waals surface area contributed by atoms with Crippen LogP contribution in [0.25, 0.3) is 0 Å². The number of hydrogen-bond donors (Lipinski definition) is 1. The molecule has 0 spiro atoms. The van der Waals surface area contributed by atoms with Gasteiger partial charge in [0.2, 0.25) is 0 Å². The molecule has 0 aromatic carbocycles. The van der Waals surface area contributed by atoms with Crippen LogP contribution in [0.2, 0.25) is 0 Å². The summed E-state index contributed by atoms with van der Waals surface area (Å²) in [6, 6.07) is 4.62. The van der Waals surface area contributed by atoms with Crippen molar-refractivity contribution in [3.63, 3.8) is 0 Å². The molecule has 1 aromatic rings. The molecule has 2 heteroatoms. The van der Waals surface area contributed by atoms with Crippen LogP contribution in [0.15, 0.2) is 17.5 Å². The third kappa shape index (κ3) is 3.81. The molecular formula is C12H21NS. The third-order valence-corrected chi connectivity index (χ3v) is 3.73. The Kier molecular flexibility index (Phi) is 5.20. The Morgan fingerprint density at radius 2 is 2.07 bits per heavy atom. The number of hydrogen-bond acceptors (Lipinski definition) is 2. The van der Waals surface area contributed by atoms with Crippen molar-refractivity contribution < 1.29 is 0 Å². The fraction of sp³-hybridized carbons (Fsp3) is 0.667. The summed E-state index contributed by atoms with van der Waals surface area (Å²) < 4.78 is 0. The van der Waals surface area contributed by atoms with Crippen molar-refractivity contribution in [2.24, 2.45) is 11.7 Å². The molecule has 0 aliphatic heterocycles. The Bertz CT molecular complexity index is 226. The molecule has 1 rings (SSSR count). The maximum Gasteiger partial charge on any atom is 0.00898 e. The second-order valence-corrected chi connectivity index (χ2v) is 4.99. The highest BCUT2D eigenvalue weighted by atomic mass is 32.1. The van der Waals surface area contributed by atoms with Gasteiger partial charge in [-0.2, -0.15) is 0 Å². The number of nitrogens with two attached hydrogens (primary N) is 1. The monoisotopic (exact) mass is 211 g/mol. The van der Waals surface area contributed by atoms with Crippen LogP contribution in [0.5, 0.6) is 0 Å². The SMILES string of the molecule is CCC(CC)CC(N)Cc1cccs1. The van der Waals surface area contributed by atoms with Crippen molar-refractivity contribution in [3.8, 4) is 0 Å². The molecule has 80 valence electrons. The number of thiophene rings is 1. The predicted octanol–water partition coefficient (Wildman–Crippen LogP) is 3.44. The molecule has 0 saturated heterocycles. The van der Waals surface area contributed by atoms with E-state index in [4.69, 9.17) is 5.73 Å². The van der Waals surface area contributed by atoms with Gasteiger partial charge in [0, 0.05) is 10.9 Å². The average molecular weight is 211 g/mol. The highest BCUT2D eigenvalue weighted by molar-refractivity contribution is 7.09. The first kappa shape index (κ1) is 11.7. The minimum absolute atomic E-state index is 0.346.